The van der Waals surface area contributed by atoms with Gasteiger partial charge in [0.1, 0.15) is 0 Å². The Bertz CT molecular complexity index is 579. The summed E-state index contributed by atoms with van der Waals surface area (Å²) in [5.74, 6) is -6.03. The number of carboxylic acid groups (broad SMARTS) is 4. The molecule has 0 spiro atoms. The summed E-state index contributed by atoms with van der Waals surface area (Å²) < 4.78 is 0. The van der Waals surface area contributed by atoms with Crippen LogP contribution in [0.15, 0.2) is 0 Å². The van der Waals surface area contributed by atoms with Gasteiger partial charge in [0.15, 0.2) is 11.8 Å². The predicted molar refractivity (Wildman–Crippen MR) is 105 cm³/mol. The average molecular weight is 432 g/mol. The number of hydrogen-bond donors (Lipinski definition) is 4. The molecule has 0 saturated heterocycles. The molecule has 1 unspecified atom stereocenters. The van der Waals surface area contributed by atoms with Crippen LogP contribution in [-0.2, 0) is 24.0 Å². The Labute approximate surface area is 175 Å². The van der Waals surface area contributed by atoms with Crippen LogP contribution in [0.3, 0.4) is 0 Å². The second kappa shape index (κ2) is 15.3. The Morgan fingerprint density at radius 2 is 1.20 bits per heavy atom. The lowest BCUT2D eigenvalue weighted by Gasteiger charge is -2.28. The van der Waals surface area contributed by atoms with Crippen LogP contribution in [0.2, 0.25) is 0 Å². The highest BCUT2D eigenvalue weighted by Gasteiger charge is 2.33. The Morgan fingerprint density at radius 1 is 0.700 bits per heavy atom. The standard InChI is InChI=1S/C19H32N2O9/c1-2-3-4-5-6-7-8-14(22)18(19(29)30)21(13-17(27)28)10-9-20(11-15(23)24)12-16(25)26/h18H,2-13H2,1H3,(H,23,24)(H,25,26)(H,27,28)(H,29,30). The van der Waals surface area contributed by atoms with Gasteiger partial charge in [0.2, 0.25) is 0 Å². The van der Waals surface area contributed by atoms with Crippen molar-refractivity contribution in [1.29, 1.82) is 0 Å². The van der Waals surface area contributed by atoms with Crippen LogP contribution in [0.25, 0.3) is 0 Å². The Kier molecular flexibility index (Phi) is 14.0. The fourth-order valence-corrected chi connectivity index (χ4v) is 3.05. The topological polar surface area (TPSA) is 173 Å². The van der Waals surface area contributed by atoms with Crippen LogP contribution < -0.4 is 0 Å². The van der Waals surface area contributed by atoms with E-state index in [1.165, 1.54) is 0 Å². The lowest BCUT2D eigenvalue weighted by atomic mass is 10.0. The van der Waals surface area contributed by atoms with E-state index in [9.17, 15) is 29.1 Å². The van der Waals surface area contributed by atoms with E-state index >= 15 is 0 Å². The molecule has 30 heavy (non-hydrogen) atoms. The first-order valence-electron chi connectivity index (χ1n) is 9.95. The fourth-order valence-electron chi connectivity index (χ4n) is 3.05. The van der Waals surface area contributed by atoms with Crippen molar-refractivity contribution in [3.8, 4) is 0 Å². The number of nitrogens with zero attached hydrogens (tertiary/aromatic N) is 2. The van der Waals surface area contributed by atoms with Crippen molar-refractivity contribution in [3.05, 3.63) is 0 Å². The van der Waals surface area contributed by atoms with Gasteiger partial charge in [-0.1, -0.05) is 39.0 Å². The maximum Gasteiger partial charge on any atom is 0.328 e. The Hall–Kier alpha value is -2.53. The number of aliphatic carboxylic acids is 4. The average Bonchev–Trinajstić information content (AvgIpc) is 2.60. The molecule has 0 aliphatic carbocycles. The summed E-state index contributed by atoms with van der Waals surface area (Å²) in [5, 5.41) is 36.4. The van der Waals surface area contributed by atoms with Crippen molar-refractivity contribution in [2.45, 2.75) is 57.9 Å². The number of hydrogen-bond acceptors (Lipinski definition) is 7. The molecule has 172 valence electrons. The molecule has 0 aliphatic heterocycles. The molecule has 11 nitrogen and oxygen atoms in total. The molecule has 0 fully saturated rings. The molecule has 0 saturated carbocycles. The van der Waals surface area contributed by atoms with E-state index in [4.69, 9.17) is 15.3 Å². The number of unbranched alkanes of at least 4 members (excludes halogenated alkanes) is 5. The summed E-state index contributed by atoms with van der Waals surface area (Å²) in [6.07, 6.45) is 5.37. The summed E-state index contributed by atoms with van der Waals surface area (Å²) >= 11 is 0. The minimum Gasteiger partial charge on any atom is -0.480 e. The lowest BCUT2D eigenvalue weighted by Crippen LogP contribution is -2.52. The molecule has 0 aromatic rings. The van der Waals surface area contributed by atoms with E-state index in [2.05, 4.69) is 6.92 Å². The van der Waals surface area contributed by atoms with Gasteiger partial charge >= 0.3 is 23.9 Å². The maximum absolute atomic E-state index is 12.5. The quantitative estimate of drug-likeness (QED) is 0.166. The first-order chi connectivity index (χ1) is 14.1. The van der Waals surface area contributed by atoms with Gasteiger partial charge in [0.05, 0.1) is 19.6 Å². The van der Waals surface area contributed by atoms with Gasteiger partial charge in [-0.15, -0.1) is 0 Å². The van der Waals surface area contributed by atoms with Gasteiger partial charge in [0.25, 0.3) is 0 Å². The summed E-state index contributed by atoms with van der Waals surface area (Å²) in [6, 6.07) is -1.69. The highest BCUT2D eigenvalue weighted by Crippen LogP contribution is 2.11. The van der Waals surface area contributed by atoms with Crippen molar-refractivity contribution in [2.24, 2.45) is 0 Å². The molecule has 0 amide bonds. The number of ketones is 1. The van der Waals surface area contributed by atoms with E-state index in [0.717, 1.165) is 41.9 Å². The predicted octanol–water partition coefficient (Wildman–Crippen LogP) is 0.617. The van der Waals surface area contributed by atoms with Crippen LogP contribution >= 0.6 is 0 Å². The first kappa shape index (κ1) is 27.5. The van der Waals surface area contributed by atoms with Gasteiger partial charge in [0, 0.05) is 19.5 Å². The number of Topliss-reactive ketones (excluding diaryl/α,β-unsaturated/α-hetero) is 1. The highest BCUT2D eigenvalue weighted by atomic mass is 16.4. The van der Waals surface area contributed by atoms with Crippen LogP contribution in [0.4, 0.5) is 0 Å². The normalized spacial score (nSPS) is 12.1. The van der Waals surface area contributed by atoms with Gasteiger partial charge in [-0.05, 0) is 6.42 Å². The molecule has 11 heteroatoms. The largest absolute Gasteiger partial charge is 0.480 e. The maximum atomic E-state index is 12.5. The molecule has 0 radical (unpaired) electrons. The molecule has 0 aliphatic rings. The van der Waals surface area contributed by atoms with Crippen LogP contribution in [0.5, 0.6) is 0 Å². The van der Waals surface area contributed by atoms with E-state index < -0.39 is 55.3 Å². The van der Waals surface area contributed by atoms with E-state index in [1.54, 1.807) is 0 Å². The third-order valence-electron chi connectivity index (χ3n) is 4.44. The van der Waals surface area contributed by atoms with Gasteiger partial charge in [-0.25, -0.2) is 0 Å². The highest BCUT2D eigenvalue weighted by molar-refractivity contribution is 6.02. The fraction of sp³-hybridized carbons (Fsp3) is 0.737. The minimum absolute atomic E-state index is 0.00677. The zero-order valence-electron chi connectivity index (χ0n) is 17.3. The molecular weight excluding hydrogens is 400 g/mol. The van der Waals surface area contributed by atoms with Crippen molar-refractivity contribution >= 4 is 29.7 Å². The van der Waals surface area contributed by atoms with E-state index in [1.807, 2.05) is 0 Å². The van der Waals surface area contributed by atoms with Gasteiger partial charge < -0.3 is 20.4 Å². The Balaban J connectivity index is 5.08. The molecule has 0 heterocycles. The number of carbonyl (C=O) groups excluding carboxylic acids is 1. The number of carbonyl (C=O) groups is 5. The molecule has 0 bridgehead atoms. The van der Waals surface area contributed by atoms with Gasteiger partial charge in [-0.2, -0.15) is 0 Å². The van der Waals surface area contributed by atoms with E-state index in [0.29, 0.717) is 6.42 Å². The second-order valence-corrected chi connectivity index (χ2v) is 7.09. The minimum atomic E-state index is -1.69. The monoisotopic (exact) mass is 432 g/mol. The summed E-state index contributed by atoms with van der Waals surface area (Å²) in [5.41, 5.74) is 0. The third-order valence-corrected chi connectivity index (χ3v) is 4.44. The molecular formula is C19H32N2O9. The van der Waals surface area contributed by atoms with Crippen molar-refractivity contribution in [3.63, 3.8) is 0 Å². The van der Waals surface area contributed by atoms with E-state index in [-0.39, 0.29) is 19.5 Å². The van der Waals surface area contributed by atoms with Crippen LogP contribution in [-0.4, -0.2) is 98.7 Å². The zero-order valence-corrected chi connectivity index (χ0v) is 17.3. The smallest absolute Gasteiger partial charge is 0.328 e. The Morgan fingerprint density at radius 3 is 1.67 bits per heavy atom. The third kappa shape index (κ3) is 12.8. The van der Waals surface area contributed by atoms with Crippen molar-refractivity contribution in [1.82, 2.24) is 9.80 Å². The molecule has 1 atom stereocenters. The second-order valence-electron chi connectivity index (χ2n) is 7.09. The van der Waals surface area contributed by atoms with Crippen molar-refractivity contribution in [2.75, 3.05) is 32.7 Å². The molecule has 4 N–H and O–H groups in total. The number of carboxylic acids is 4. The van der Waals surface area contributed by atoms with Crippen LogP contribution in [0, 0.1) is 0 Å². The number of rotatable bonds is 19. The molecule has 0 aromatic heterocycles. The molecule has 0 aromatic carbocycles. The summed E-state index contributed by atoms with van der Waals surface area (Å²) in [4.78, 5) is 59.1. The first-order valence-corrected chi connectivity index (χ1v) is 9.95. The van der Waals surface area contributed by atoms with Gasteiger partial charge in [-0.3, -0.25) is 33.8 Å². The summed E-state index contributed by atoms with van der Waals surface area (Å²) in [7, 11) is 0. The summed E-state index contributed by atoms with van der Waals surface area (Å²) in [6.45, 7) is -0.404. The van der Waals surface area contributed by atoms with Crippen LogP contribution in [0.1, 0.15) is 51.9 Å². The van der Waals surface area contributed by atoms with Crippen molar-refractivity contribution < 1.29 is 44.4 Å². The zero-order chi connectivity index (χ0) is 23.1. The lowest BCUT2D eigenvalue weighted by molar-refractivity contribution is -0.152. The SMILES string of the molecule is CCCCCCCCC(=O)C(C(=O)O)N(CCN(CC(=O)O)CC(=O)O)CC(=O)O. The molecule has 0 rings (SSSR count).